The van der Waals surface area contributed by atoms with Gasteiger partial charge >= 0.3 is 0 Å². The lowest BCUT2D eigenvalue weighted by Crippen LogP contribution is -2.28. The molecule has 0 atom stereocenters. The Morgan fingerprint density at radius 2 is 2.06 bits per heavy atom. The first kappa shape index (κ1) is 23.9. The first-order valence-corrected chi connectivity index (χ1v) is 12.2. The Labute approximate surface area is 200 Å². The minimum Gasteiger partial charge on any atom is -0.476 e. The number of fused-ring (bicyclic) bond motifs is 1. The topological polar surface area (TPSA) is 108 Å². The molecule has 3 N–H and O–H groups in total. The van der Waals surface area contributed by atoms with E-state index >= 15 is 0 Å². The van der Waals surface area contributed by atoms with Crippen molar-refractivity contribution in [3.8, 4) is 5.88 Å². The Balaban J connectivity index is 1.38. The number of aromatic amines is 1. The van der Waals surface area contributed by atoms with Crippen LogP contribution in [0, 0.1) is 5.92 Å². The zero-order chi connectivity index (χ0) is 23.8. The van der Waals surface area contributed by atoms with Crippen LogP contribution >= 0.6 is 0 Å². The molecule has 1 fully saturated rings. The first-order valence-electron chi connectivity index (χ1n) is 12.2. The maximum atomic E-state index is 12.3. The molecule has 2 aromatic heterocycles. The lowest BCUT2D eigenvalue weighted by molar-refractivity contribution is -0.120. The molecule has 34 heavy (non-hydrogen) atoms. The second-order valence-corrected chi connectivity index (χ2v) is 9.28. The predicted octanol–water partition coefficient (Wildman–Crippen LogP) is 3.67. The summed E-state index contributed by atoms with van der Waals surface area (Å²) in [6.45, 7) is 2.28. The summed E-state index contributed by atoms with van der Waals surface area (Å²) in [5, 5.41) is 6.23. The largest absolute Gasteiger partial charge is 0.476 e. The molecular weight excluding hydrogens is 430 g/mol. The number of rotatable bonds is 11. The van der Waals surface area contributed by atoms with E-state index in [1.807, 2.05) is 38.4 Å². The van der Waals surface area contributed by atoms with Gasteiger partial charge in [0, 0.05) is 12.2 Å². The second-order valence-electron chi connectivity index (χ2n) is 9.28. The molecule has 0 aliphatic heterocycles. The number of aromatic nitrogens is 4. The third kappa shape index (κ3) is 6.90. The van der Waals surface area contributed by atoms with Gasteiger partial charge in [0.2, 0.25) is 17.7 Å². The minimum atomic E-state index is 0.0171. The van der Waals surface area contributed by atoms with E-state index in [1.54, 1.807) is 6.33 Å². The molecule has 1 amide bonds. The average molecular weight is 466 g/mol. The maximum absolute atomic E-state index is 12.3. The standard InChI is InChI=1S/C25H35N7O2/c1-32(2)13-7-12-26-21(33)15-19-10-6-11-20(14-19)29-25-30-23-22(27-17-28-23)24(31-25)34-16-18-8-4-3-5-9-18/h6,10-11,14,17-18H,3-5,7-9,12-13,15-16H2,1-2H3,(H,26,33)(H2,27,28,29,30,31). The van der Waals surface area contributed by atoms with Crippen LogP contribution < -0.4 is 15.4 Å². The van der Waals surface area contributed by atoms with E-state index in [9.17, 15) is 4.79 Å². The van der Waals surface area contributed by atoms with Crippen molar-refractivity contribution in [2.24, 2.45) is 5.92 Å². The fourth-order valence-electron chi connectivity index (χ4n) is 4.28. The lowest BCUT2D eigenvalue weighted by atomic mass is 9.90. The number of benzene rings is 1. The number of imidazole rings is 1. The van der Waals surface area contributed by atoms with Gasteiger partial charge in [0.05, 0.1) is 19.4 Å². The number of amides is 1. The molecule has 0 saturated heterocycles. The maximum Gasteiger partial charge on any atom is 0.245 e. The molecule has 3 aromatic rings. The zero-order valence-corrected chi connectivity index (χ0v) is 20.1. The number of H-pyrrole nitrogens is 1. The molecule has 0 unspecified atom stereocenters. The van der Waals surface area contributed by atoms with Gasteiger partial charge in [-0.1, -0.05) is 31.4 Å². The highest BCUT2D eigenvalue weighted by atomic mass is 16.5. The number of hydrogen-bond acceptors (Lipinski definition) is 7. The van der Waals surface area contributed by atoms with Crippen molar-refractivity contribution in [1.29, 1.82) is 0 Å². The Morgan fingerprint density at radius 1 is 1.21 bits per heavy atom. The van der Waals surface area contributed by atoms with E-state index in [0.29, 0.717) is 48.5 Å². The van der Waals surface area contributed by atoms with E-state index in [0.717, 1.165) is 24.2 Å². The molecule has 1 aromatic carbocycles. The molecule has 1 saturated carbocycles. The molecular formula is C25H35N7O2. The second kappa shape index (κ2) is 11.8. The molecule has 4 rings (SSSR count). The van der Waals surface area contributed by atoms with Gasteiger partial charge in [-0.25, -0.2) is 4.98 Å². The molecule has 182 valence electrons. The molecule has 2 heterocycles. The fourth-order valence-corrected chi connectivity index (χ4v) is 4.28. The summed E-state index contributed by atoms with van der Waals surface area (Å²) in [5.41, 5.74) is 3.00. The third-order valence-corrected chi connectivity index (χ3v) is 6.09. The molecule has 1 aliphatic rings. The van der Waals surface area contributed by atoms with E-state index in [1.165, 1.54) is 32.1 Å². The van der Waals surface area contributed by atoms with Crippen LogP contribution in [0.25, 0.3) is 11.2 Å². The summed E-state index contributed by atoms with van der Waals surface area (Å²) in [7, 11) is 4.06. The van der Waals surface area contributed by atoms with Gasteiger partial charge in [-0.2, -0.15) is 9.97 Å². The summed E-state index contributed by atoms with van der Waals surface area (Å²) in [4.78, 5) is 30.9. The van der Waals surface area contributed by atoms with Gasteiger partial charge < -0.3 is 25.3 Å². The Morgan fingerprint density at radius 3 is 2.88 bits per heavy atom. The molecule has 9 heteroatoms. The number of anilines is 2. The zero-order valence-electron chi connectivity index (χ0n) is 20.1. The summed E-state index contributed by atoms with van der Waals surface area (Å²) in [5.74, 6) is 1.53. The quantitative estimate of drug-likeness (QED) is 0.371. The number of nitrogens with one attached hydrogen (secondary N) is 3. The highest BCUT2D eigenvalue weighted by Gasteiger charge is 2.17. The molecule has 1 aliphatic carbocycles. The monoisotopic (exact) mass is 465 g/mol. The molecule has 0 radical (unpaired) electrons. The van der Waals surface area contributed by atoms with Gasteiger partial charge in [0.1, 0.15) is 5.52 Å². The van der Waals surface area contributed by atoms with Crippen LogP contribution in [0.2, 0.25) is 0 Å². The summed E-state index contributed by atoms with van der Waals surface area (Å²) in [6, 6.07) is 7.74. The van der Waals surface area contributed by atoms with Crippen LogP contribution in [-0.4, -0.2) is 64.5 Å². The van der Waals surface area contributed by atoms with Crippen molar-refractivity contribution >= 4 is 28.7 Å². The Kier molecular flexibility index (Phi) is 8.30. The Bertz CT molecular complexity index is 1080. The normalized spacial score (nSPS) is 14.4. The van der Waals surface area contributed by atoms with Gasteiger partial charge in [-0.3, -0.25) is 4.79 Å². The van der Waals surface area contributed by atoms with E-state index < -0.39 is 0 Å². The fraction of sp³-hybridized carbons (Fsp3) is 0.520. The molecule has 0 bridgehead atoms. The number of hydrogen-bond donors (Lipinski definition) is 3. The number of carbonyl (C=O) groups excluding carboxylic acids is 1. The minimum absolute atomic E-state index is 0.0171. The van der Waals surface area contributed by atoms with Crippen molar-refractivity contribution < 1.29 is 9.53 Å². The van der Waals surface area contributed by atoms with Gasteiger partial charge in [-0.05, 0) is 63.5 Å². The molecule has 0 spiro atoms. The number of carbonyl (C=O) groups is 1. The highest BCUT2D eigenvalue weighted by molar-refractivity contribution is 5.79. The van der Waals surface area contributed by atoms with Crippen LogP contribution in [0.1, 0.15) is 44.1 Å². The number of nitrogens with zero attached hydrogens (tertiary/aromatic N) is 4. The third-order valence-electron chi connectivity index (χ3n) is 6.09. The van der Waals surface area contributed by atoms with Gasteiger partial charge in [0.25, 0.3) is 0 Å². The van der Waals surface area contributed by atoms with Crippen LogP contribution in [0.4, 0.5) is 11.6 Å². The van der Waals surface area contributed by atoms with Crippen molar-refractivity contribution in [1.82, 2.24) is 30.2 Å². The summed E-state index contributed by atoms with van der Waals surface area (Å²) < 4.78 is 6.11. The summed E-state index contributed by atoms with van der Waals surface area (Å²) in [6.07, 6.45) is 9.14. The smallest absolute Gasteiger partial charge is 0.245 e. The van der Waals surface area contributed by atoms with E-state index in [-0.39, 0.29) is 5.91 Å². The van der Waals surface area contributed by atoms with Crippen LogP contribution in [-0.2, 0) is 11.2 Å². The van der Waals surface area contributed by atoms with Gasteiger partial charge in [-0.15, -0.1) is 0 Å². The highest BCUT2D eigenvalue weighted by Crippen LogP contribution is 2.27. The Hall–Kier alpha value is -3.20. The summed E-state index contributed by atoms with van der Waals surface area (Å²) >= 11 is 0. The SMILES string of the molecule is CN(C)CCCNC(=O)Cc1cccc(Nc2nc(OCC3CCCCC3)c3[nH]cnc3n2)c1. The molecule has 9 nitrogen and oxygen atoms in total. The number of ether oxygens (including phenoxy) is 1. The van der Waals surface area contributed by atoms with Gasteiger partial charge in [0.15, 0.2) is 5.65 Å². The average Bonchev–Trinajstić information content (AvgIpc) is 3.30. The van der Waals surface area contributed by atoms with Crippen molar-refractivity contribution in [3.05, 3.63) is 36.2 Å². The predicted molar refractivity (Wildman–Crippen MR) is 133 cm³/mol. The van der Waals surface area contributed by atoms with Crippen LogP contribution in [0.3, 0.4) is 0 Å². The van der Waals surface area contributed by atoms with Crippen molar-refractivity contribution in [2.75, 3.05) is 39.1 Å². The lowest BCUT2D eigenvalue weighted by Gasteiger charge is -2.21. The van der Waals surface area contributed by atoms with E-state index in [2.05, 4.69) is 35.5 Å². The van der Waals surface area contributed by atoms with Crippen molar-refractivity contribution in [2.45, 2.75) is 44.9 Å². The van der Waals surface area contributed by atoms with E-state index in [4.69, 9.17) is 4.74 Å². The van der Waals surface area contributed by atoms with Crippen LogP contribution in [0.15, 0.2) is 30.6 Å². The van der Waals surface area contributed by atoms with Crippen molar-refractivity contribution in [3.63, 3.8) is 0 Å². The first-order chi connectivity index (χ1) is 16.6. The van der Waals surface area contributed by atoms with Crippen LogP contribution in [0.5, 0.6) is 5.88 Å².